The molecule has 0 unspecified atom stereocenters. The zero-order valence-corrected chi connectivity index (χ0v) is 12.2. The van der Waals surface area contributed by atoms with E-state index in [2.05, 4.69) is 48.3 Å². The Morgan fingerprint density at radius 2 is 1.58 bits per heavy atom. The predicted octanol–water partition coefficient (Wildman–Crippen LogP) is 3.17. The minimum absolute atomic E-state index is 0.632. The number of nitrogens with one attached hydrogen (secondary N) is 1. The quantitative estimate of drug-likeness (QED) is 0.892. The number of hydrogen-bond acceptors (Lipinski definition) is 2. The molecule has 2 aliphatic rings. The summed E-state index contributed by atoms with van der Waals surface area (Å²) in [5, 5.41) is 3.46. The van der Waals surface area contributed by atoms with Crippen molar-refractivity contribution in [1.82, 2.24) is 10.2 Å². The molecule has 19 heavy (non-hydrogen) atoms. The lowest BCUT2D eigenvalue weighted by Crippen LogP contribution is -2.45. The Kier molecular flexibility index (Phi) is 3.90. The van der Waals surface area contributed by atoms with Gasteiger partial charge in [0.25, 0.3) is 0 Å². The standard InChI is InChI=1S/C17H26N2/c1-13(2)14-3-5-15(6-4-14)17(16-7-8-16)19-11-9-18-10-12-19/h3-6,13,16-18H,7-12H2,1-2H3/t17-/m0/s1. The highest BCUT2D eigenvalue weighted by Gasteiger charge is 2.36. The third-order valence-corrected chi connectivity index (χ3v) is 4.56. The summed E-state index contributed by atoms with van der Waals surface area (Å²) in [6.45, 7) is 9.23. The highest BCUT2D eigenvalue weighted by molar-refractivity contribution is 5.28. The predicted molar refractivity (Wildman–Crippen MR) is 80.4 cm³/mol. The summed E-state index contributed by atoms with van der Waals surface area (Å²) >= 11 is 0. The van der Waals surface area contributed by atoms with Crippen LogP contribution in [0.1, 0.15) is 49.8 Å². The van der Waals surface area contributed by atoms with Gasteiger partial charge in [-0.2, -0.15) is 0 Å². The van der Waals surface area contributed by atoms with Crippen molar-refractivity contribution in [2.45, 2.75) is 38.6 Å². The molecule has 0 spiro atoms. The first-order valence-corrected chi connectivity index (χ1v) is 7.80. The summed E-state index contributed by atoms with van der Waals surface area (Å²) in [6, 6.07) is 10.1. The van der Waals surface area contributed by atoms with Crippen LogP contribution >= 0.6 is 0 Å². The molecule has 1 aliphatic heterocycles. The van der Waals surface area contributed by atoms with Crippen molar-refractivity contribution in [3.05, 3.63) is 35.4 Å². The van der Waals surface area contributed by atoms with Crippen LogP contribution in [0.3, 0.4) is 0 Å². The minimum Gasteiger partial charge on any atom is -0.314 e. The summed E-state index contributed by atoms with van der Waals surface area (Å²) in [5.41, 5.74) is 2.99. The zero-order chi connectivity index (χ0) is 13.2. The van der Waals surface area contributed by atoms with Gasteiger partial charge in [-0.05, 0) is 35.8 Å². The van der Waals surface area contributed by atoms with Crippen LogP contribution in [0.4, 0.5) is 0 Å². The molecule has 1 atom stereocenters. The van der Waals surface area contributed by atoms with Crippen LogP contribution in [0.15, 0.2) is 24.3 Å². The summed E-state index contributed by atoms with van der Waals surface area (Å²) in [7, 11) is 0. The van der Waals surface area contributed by atoms with Gasteiger partial charge in [0, 0.05) is 32.2 Å². The van der Waals surface area contributed by atoms with Crippen LogP contribution in [-0.4, -0.2) is 31.1 Å². The van der Waals surface area contributed by atoms with Crippen molar-refractivity contribution in [1.29, 1.82) is 0 Å². The average molecular weight is 258 g/mol. The van der Waals surface area contributed by atoms with Crippen LogP contribution in [0.25, 0.3) is 0 Å². The molecule has 0 bridgehead atoms. The molecule has 1 heterocycles. The highest BCUT2D eigenvalue weighted by atomic mass is 15.2. The normalized spacial score (nSPS) is 22.7. The Bertz CT molecular complexity index is 400. The molecule has 1 aliphatic carbocycles. The Balaban J connectivity index is 1.79. The lowest BCUT2D eigenvalue weighted by Gasteiger charge is -2.35. The van der Waals surface area contributed by atoms with Gasteiger partial charge in [0.2, 0.25) is 0 Å². The second-order valence-electron chi connectivity index (χ2n) is 6.39. The maximum absolute atomic E-state index is 3.46. The number of hydrogen-bond donors (Lipinski definition) is 1. The van der Waals surface area contributed by atoms with Gasteiger partial charge in [0.05, 0.1) is 0 Å². The number of nitrogens with zero attached hydrogens (tertiary/aromatic N) is 1. The maximum atomic E-state index is 3.46. The first-order valence-electron chi connectivity index (χ1n) is 7.80. The Hall–Kier alpha value is -0.860. The van der Waals surface area contributed by atoms with E-state index in [9.17, 15) is 0 Å². The fourth-order valence-corrected chi connectivity index (χ4v) is 3.23. The SMILES string of the molecule is CC(C)c1ccc([C@@H](C2CC2)N2CCNCC2)cc1. The Labute approximate surface area is 117 Å². The molecule has 2 fully saturated rings. The smallest absolute Gasteiger partial charge is 0.0377 e. The van der Waals surface area contributed by atoms with Crippen molar-refractivity contribution >= 4 is 0 Å². The maximum Gasteiger partial charge on any atom is 0.0377 e. The fraction of sp³-hybridized carbons (Fsp3) is 0.647. The summed E-state index contributed by atoms with van der Waals surface area (Å²) in [4.78, 5) is 2.69. The molecule has 2 nitrogen and oxygen atoms in total. The highest BCUT2D eigenvalue weighted by Crippen LogP contribution is 2.44. The van der Waals surface area contributed by atoms with E-state index in [0.29, 0.717) is 12.0 Å². The second-order valence-corrected chi connectivity index (χ2v) is 6.39. The number of rotatable bonds is 4. The van der Waals surface area contributed by atoms with E-state index < -0.39 is 0 Å². The molecule has 0 radical (unpaired) electrons. The molecule has 0 amide bonds. The molecular formula is C17H26N2. The van der Waals surface area contributed by atoms with E-state index in [0.717, 1.165) is 19.0 Å². The molecule has 1 saturated heterocycles. The molecule has 2 heteroatoms. The van der Waals surface area contributed by atoms with E-state index >= 15 is 0 Å². The van der Waals surface area contributed by atoms with Crippen molar-refractivity contribution in [2.75, 3.05) is 26.2 Å². The molecule has 1 N–H and O–H groups in total. The second kappa shape index (κ2) is 5.64. The fourth-order valence-electron chi connectivity index (χ4n) is 3.23. The topological polar surface area (TPSA) is 15.3 Å². The van der Waals surface area contributed by atoms with Gasteiger partial charge in [0.15, 0.2) is 0 Å². The Morgan fingerprint density at radius 1 is 1.00 bits per heavy atom. The number of piperazine rings is 1. The van der Waals surface area contributed by atoms with Crippen LogP contribution in [-0.2, 0) is 0 Å². The minimum atomic E-state index is 0.632. The van der Waals surface area contributed by atoms with Crippen molar-refractivity contribution < 1.29 is 0 Å². The monoisotopic (exact) mass is 258 g/mol. The molecule has 104 valence electrons. The van der Waals surface area contributed by atoms with Crippen LogP contribution in [0.2, 0.25) is 0 Å². The first kappa shape index (κ1) is 13.1. The van der Waals surface area contributed by atoms with Gasteiger partial charge in [0.1, 0.15) is 0 Å². The molecule has 3 rings (SSSR count). The summed E-state index contributed by atoms with van der Waals surface area (Å²) < 4.78 is 0. The number of benzene rings is 1. The van der Waals surface area contributed by atoms with Crippen molar-refractivity contribution in [2.24, 2.45) is 5.92 Å². The van der Waals surface area contributed by atoms with Gasteiger partial charge in [-0.15, -0.1) is 0 Å². The largest absolute Gasteiger partial charge is 0.314 e. The molecule has 0 aromatic heterocycles. The van der Waals surface area contributed by atoms with Crippen LogP contribution in [0, 0.1) is 5.92 Å². The molecule has 1 aromatic carbocycles. The van der Waals surface area contributed by atoms with Crippen molar-refractivity contribution in [3.63, 3.8) is 0 Å². The van der Waals surface area contributed by atoms with E-state index in [1.54, 1.807) is 0 Å². The average Bonchev–Trinajstić information content (AvgIpc) is 3.25. The van der Waals surface area contributed by atoms with Gasteiger partial charge >= 0.3 is 0 Å². The van der Waals surface area contributed by atoms with Crippen LogP contribution < -0.4 is 5.32 Å². The lowest BCUT2D eigenvalue weighted by molar-refractivity contribution is 0.156. The van der Waals surface area contributed by atoms with Gasteiger partial charge in [-0.3, -0.25) is 4.90 Å². The van der Waals surface area contributed by atoms with E-state index in [1.165, 1.54) is 37.1 Å². The summed E-state index contributed by atoms with van der Waals surface area (Å²) in [5.74, 6) is 1.54. The zero-order valence-electron chi connectivity index (χ0n) is 12.2. The van der Waals surface area contributed by atoms with Crippen molar-refractivity contribution in [3.8, 4) is 0 Å². The third-order valence-electron chi connectivity index (χ3n) is 4.56. The molecule has 1 aromatic rings. The molecule has 1 saturated carbocycles. The van der Waals surface area contributed by atoms with E-state index in [4.69, 9.17) is 0 Å². The van der Waals surface area contributed by atoms with Gasteiger partial charge in [-0.25, -0.2) is 0 Å². The van der Waals surface area contributed by atoms with E-state index in [-0.39, 0.29) is 0 Å². The summed E-state index contributed by atoms with van der Waals surface area (Å²) in [6.07, 6.45) is 2.83. The molecular weight excluding hydrogens is 232 g/mol. The van der Waals surface area contributed by atoms with Gasteiger partial charge in [-0.1, -0.05) is 38.1 Å². The van der Waals surface area contributed by atoms with Crippen LogP contribution in [0.5, 0.6) is 0 Å². The van der Waals surface area contributed by atoms with Gasteiger partial charge < -0.3 is 5.32 Å². The third kappa shape index (κ3) is 3.01. The van der Waals surface area contributed by atoms with E-state index in [1.807, 2.05) is 0 Å². The lowest BCUT2D eigenvalue weighted by atomic mass is 9.95. The Morgan fingerprint density at radius 3 is 2.11 bits per heavy atom. The first-order chi connectivity index (χ1) is 9.25.